The van der Waals surface area contributed by atoms with E-state index in [9.17, 15) is 9.59 Å². The lowest BCUT2D eigenvalue weighted by molar-refractivity contribution is -0.137. The molecule has 1 fully saturated rings. The van der Waals surface area contributed by atoms with E-state index < -0.39 is 0 Å². The predicted molar refractivity (Wildman–Crippen MR) is 145 cm³/mol. The molecule has 1 aliphatic heterocycles. The number of carbonyl (C=O) groups is 2. The van der Waals surface area contributed by atoms with Crippen molar-refractivity contribution in [2.24, 2.45) is 17.8 Å². The lowest BCUT2D eigenvalue weighted by atomic mass is 9.86. The zero-order valence-electron chi connectivity index (χ0n) is 21.7. The number of piperidine rings is 1. The Hall–Kier alpha value is -3.63. The number of benzene rings is 1. The van der Waals surface area contributed by atoms with Crippen molar-refractivity contribution >= 4 is 29.2 Å². The first-order chi connectivity index (χ1) is 17.7. The summed E-state index contributed by atoms with van der Waals surface area (Å²) in [4.78, 5) is 32.0. The van der Waals surface area contributed by atoms with E-state index in [0.29, 0.717) is 36.2 Å². The van der Waals surface area contributed by atoms with Crippen LogP contribution < -0.4 is 5.32 Å². The van der Waals surface area contributed by atoms with Gasteiger partial charge in [-0.15, -0.1) is 0 Å². The number of nitrogens with one attached hydrogen (secondary N) is 1. The molecule has 1 aromatic carbocycles. The fourth-order valence-corrected chi connectivity index (χ4v) is 4.81. The van der Waals surface area contributed by atoms with E-state index in [1.807, 2.05) is 62.1 Å². The quantitative estimate of drug-likeness (QED) is 0.481. The average Bonchev–Trinajstić information content (AvgIpc) is 3.25. The van der Waals surface area contributed by atoms with Gasteiger partial charge in [-0.1, -0.05) is 62.4 Å². The first kappa shape index (κ1) is 26.4. The van der Waals surface area contributed by atoms with Crippen LogP contribution in [0.3, 0.4) is 0 Å². The van der Waals surface area contributed by atoms with E-state index in [4.69, 9.17) is 11.6 Å². The van der Waals surface area contributed by atoms with E-state index in [2.05, 4.69) is 34.2 Å². The Labute approximate surface area is 223 Å². The first-order valence-corrected chi connectivity index (χ1v) is 13.0. The number of anilines is 1. The number of aromatic nitrogens is 3. The fourth-order valence-electron chi connectivity index (χ4n) is 4.59. The second-order valence-corrected chi connectivity index (χ2v) is 10.4. The van der Waals surface area contributed by atoms with E-state index in [-0.39, 0.29) is 29.6 Å². The molecule has 0 radical (unpaired) electrons. The maximum atomic E-state index is 13.2. The van der Waals surface area contributed by atoms with Crippen LogP contribution >= 0.6 is 11.6 Å². The monoisotopic (exact) mass is 517 g/mol. The predicted octanol–water partition coefficient (Wildman–Crippen LogP) is 5.03. The molecule has 0 bridgehead atoms. The lowest BCUT2D eigenvalue weighted by Gasteiger charge is -2.37. The number of nitrogens with zero attached hydrogens (tertiary/aromatic N) is 4. The summed E-state index contributed by atoms with van der Waals surface area (Å²) in [6, 6.07) is 11.6. The summed E-state index contributed by atoms with van der Waals surface area (Å²) >= 11 is 6.39. The van der Waals surface area contributed by atoms with Crippen LogP contribution in [0.4, 0.5) is 5.82 Å². The van der Waals surface area contributed by atoms with E-state index in [0.717, 1.165) is 23.1 Å². The molecule has 0 spiro atoms. The van der Waals surface area contributed by atoms with E-state index in [1.165, 1.54) is 6.20 Å². The van der Waals surface area contributed by atoms with Crippen LogP contribution in [0.25, 0.3) is 0 Å². The molecule has 2 aromatic heterocycles. The Morgan fingerprint density at radius 1 is 1.16 bits per heavy atom. The second-order valence-electron chi connectivity index (χ2n) is 9.95. The first-order valence-electron chi connectivity index (χ1n) is 12.6. The summed E-state index contributed by atoms with van der Waals surface area (Å²) in [5.74, 6) is 7.05. The number of pyridine rings is 1. The highest BCUT2D eigenvalue weighted by molar-refractivity contribution is 6.34. The highest BCUT2D eigenvalue weighted by Gasteiger charge is 2.31. The van der Waals surface area contributed by atoms with Gasteiger partial charge in [-0.2, -0.15) is 5.10 Å². The summed E-state index contributed by atoms with van der Waals surface area (Å²) < 4.78 is 1.67. The van der Waals surface area contributed by atoms with Gasteiger partial charge < -0.3 is 10.2 Å². The van der Waals surface area contributed by atoms with Crippen molar-refractivity contribution < 1.29 is 9.59 Å². The Bertz CT molecular complexity index is 1340. The summed E-state index contributed by atoms with van der Waals surface area (Å²) in [5.41, 5.74) is 2.79. The fraction of sp³-hybridized carbons (Fsp3) is 0.379. The molecule has 0 aliphatic carbocycles. The van der Waals surface area contributed by atoms with Crippen molar-refractivity contribution in [2.75, 3.05) is 18.4 Å². The van der Waals surface area contributed by atoms with E-state index in [1.54, 1.807) is 10.9 Å². The normalized spacial score (nSPS) is 17.3. The maximum Gasteiger partial charge on any atom is 0.276 e. The zero-order chi connectivity index (χ0) is 26.5. The van der Waals surface area contributed by atoms with Crippen molar-refractivity contribution in [3.63, 3.8) is 0 Å². The van der Waals surface area contributed by atoms with Gasteiger partial charge in [-0.05, 0) is 48.9 Å². The SMILES string of the molecule is Cc1cc(C#Cc2ccccc2)cnc1NC(=O)c1c(Cl)cnn1CC1CCN(C(=O)C(C)C)CC1C. The molecule has 8 heteroatoms. The molecule has 2 atom stereocenters. The van der Waals surface area contributed by atoms with Gasteiger partial charge in [0.05, 0.1) is 11.2 Å². The molecule has 1 saturated heterocycles. The van der Waals surface area contributed by atoms with E-state index >= 15 is 0 Å². The molecule has 0 saturated carbocycles. The molecule has 37 heavy (non-hydrogen) atoms. The Balaban J connectivity index is 1.44. The molecule has 2 unspecified atom stereocenters. The molecule has 1 aliphatic rings. The summed E-state index contributed by atoms with van der Waals surface area (Å²) in [6.45, 7) is 9.86. The molecule has 1 N–H and O–H groups in total. The van der Waals surface area contributed by atoms with Crippen molar-refractivity contribution in [3.8, 4) is 11.8 Å². The number of amides is 2. The zero-order valence-corrected chi connectivity index (χ0v) is 22.4. The Morgan fingerprint density at radius 3 is 2.57 bits per heavy atom. The van der Waals surface area contributed by atoms with Crippen LogP contribution in [0.15, 0.2) is 48.8 Å². The number of likely N-dealkylation sites (tertiary alicyclic amines) is 1. The van der Waals surface area contributed by atoms with Crippen LogP contribution in [0.2, 0.25) is 5.02 Å². The molecule has 2 amide bonds. The number of carbonyl (C=O) groups excluding carboxylic acids is 2. The third-order valence-corrected chi connectivity index (χ3v) is 7.02. The van der Waals surface area contributed by atoms with Gasteiger partial charge in [0.25, 0.3) is 5.91 Å². The van der Waals surface area contributed by atoms with Crippen molar-refractivity contribution in [1.29, 1.82) is 0 Å². The smallest absolute Gasteiger partial charge is 0.276 e. The number of halogens is 1. The number of rotatable bonds is 5. The minimum absolute atomic E-state index is 0.00833. The highest BCUT2D eigenvalue weighted by Crippen LogP contribution is 2.28. The average molecular weight is 518 g/mol. The molecule has 3 aromatic rings. The van der Waals surface area contributed by atoms with Crippen molar-refractivity contribution in [3.05, 3.63) is 76.2 Å². The molecule has 4 rings (SSSR count). The largest absolute Gasteiger partial charge is 0.342 e. The van der Waals surface area contributed by atoms with Gasteiger partial charge in [0.15, 0.2) is 0 Å². The van der Waals surface area contributed by atoms with Crippen molar-refractivity contribution in [2.45, 2.75) is 40.7 Å². The van der Waals surface area contributed by atoms with Crippen LogP contribution in [0, 0.1) is 36.5 Å². The van der Waals surface area contributed by atoms with Gasteiger partial charge in [0.1, 0.15) is 11.5 Å². The number of aryl methyl sites for hydroxylation is 1. The third kappa shape index (κ3) is 6.39. The van der Waals surface area contributed by atoms with Crippen LogP contribution in [0.5, 0.6) is 0 Å². The van der Waals surface area contributed by atoms with Gasteiger partial charge in [0.2, 0.25) is 5.91 Å². The van der Waals surface area contributed by atoms with Crippen molar-refractivity contribution in [1.82, 2.24) is 19.7 Å². The molecule has 3 heterocycles. The van der Waals surface area contributed by atoms with Gasteiger partial charge in [-0.3, -0.25) is 14.3 Å². The minimum Gasteiger partial charge on any atom is -0.342 e. The summed E-state index contributed by atoms with van der Waals surface area (Å²) in [5, 5.41) is 7.56. The topological polar surface area (TPSA) is 80.1 Å². The molecular formula is C29H32ClN5O2. The molecule has 7 nitrogen and oxygen atoms in total. The second kappa shape index (κ2) is 11.6. The van der Waals surface area contributed by atoms with Gasteiger partial charge in [-0.25, -0.2) is 4.98 Å². The van der Waals surface area contributed by atoms with Crippen LogP contribution in [-0.4, -0.2) is 44.6 Å². The van der Waals surface area contributed by atoms with Crippen LogP contribution in [0.1, 0.15) is 54.4 Å². The van der Waals surface area contributed by atoms with Gasteiger partial charge in [0, 0.05) is 42.9 Å². The van der Waals surface area contributed by atoms with Crippen LogP contribution in [-0.2, 0) is 11.3 Å². The minimum atomic E-state index is -0.360. The molecular weight excluding hydrogens is 486 g/mol. The van der Waals surface area contributed by atoms with Gasteiger partial charge >= 0.3 is 0 Å². The highest BCUT2D eigenvalue weighted by atomic mass is 35.5. The number of hydrogen-bond acceptors (Lipinski definition) is 4. The standard InChI is InChI=1S/C29H32ClN5O2/c1-19(2)29(37)34-13-12-24(21(4)17-34)18-35-26(25(30)16-32-35)28(36)33-27-20(3)14-23(15-31-27)11-10-22-8-6-5-7-9-22/h5-9,14-16,19,21,24H,12-13,17-18H2,1-4H3,(H,31,33,36). The lowest BCUT2D eigenvalue weighted by Crippen LogP contribution is -2.45. The third-order valence-electron chi connectivity index (χ3n) is 6.74. The number of hydrogen-bond donors (Lipinski definition) is 1. The Morgan fingerprint density at radius 2 is 1.89 bits per heavy atom. The molecule has 192 valence electrons. The summed E-state index contributed by atoms with van der Waals surface area (Å²) in [7, 11) is 0. The maximum absolute atomic E-state index is 13.2. The summed E-state index contributed by atoms with van der Waals surface area (Å²) in [6.07, 6.45) is 4.00. The Kier molecular flexibility index (Phi) is 8.30.